The van der Waals surface area contributed by atoms with E-state index in [0.29, 0.717) is 22.9 Å². The first-order chi connectivity index (χ1) is 15.9. The molecule has 0 bridgehead atoms. The first-order valence-electron chi connectivity index (χ1n) is 10.8. The van der Waals surface area contributed by atoms with Crippen molar-refractivity contribution in [3.05, 3.63) is 95.7 Å². The Kier molecular flexibility index (Phi) is 6.58. The van der Waals surface area contributed by atoms with Crippen molar-refractivity contribution in [3.63, 3.8) is 0 Å². The van der Waals surface area contributed by atoms with E-state index < -0.39 is 5.82 Å². The molecule has 0 aliphatic carbocycles. The highest BCUT2D eigenvalue weighted by atomic mass is 19.1. The van der Waals surface area contributed by atoms with Gasteiger partial charge in [0.05, 0.1) is 24.9 Å². The van der Waals surface area contributed by atoms with Crippen molar-refractivity contribution in [1.29, 1.82) is 0 Å². The molecule has 2 heterocycles. The average Bonchev–Trinajstić information content (AvgIpc) is 3.49. The third-order valence-electron chi connectivity index (χ3n) is 5.56. The lowest BCUT2D eigenvalue weighted by atomic mass is 10.1. The monoisotopic (exact) mass is 447 g/mol. The lowest BCUT2D eigenvalue weighted by Crippen LogP contribution is -2.32. The van der Waals surface area contributed by atoms with Crippen molar-refractivity contribution >= 4 is 11.8 Å². The SMILES string of the molecule is CC(C)N(C)c1onc(-c2ccccc2)c1CN(Cc1ccco1)C(=O)c1ccc(F)cc1. The van der Waals surface area contributed by atoms with Crippen LogP contribution >= 0.6 is 0 Å². The van der Waals surface area contributed by atoms with Crippen LogP contribution in [0.1, 0.15) is 35.5 Å². The molecule has 0 saturated heterocycles. The van der Waals surface area contributed by atoms with E-state index in [1.165, 1.54) is 24.3 Å². The normalized spacial score (nSPS) is 11.1. The number of halogens is 1. The maximum Gasteiger partial charge on any atom is 0.254 e. The Morgan fingerprint density at radius 2 is 1.73 bits per heavy atom. The fourth-order valence-corrected chi connectivity index (χ4v) is 3.53. The summed E-state index contributed by atoms with van der Waals surface area (Å²) >= 11 is 0. The Morgan fingerprint density at radius 1 is 1.00 bits per heavy atom. The van der Waals surface area contributed by atoms with Crippen LogP contribution in [0.5, 0.6) is 0 Å². The molecule has 0 fully saturated rings. The zero-order valence-corrected chi connectivity index (χ0v) is 18.9. The number of amides is 1. The molecule has 0 aliphatic heterocycles. The summed E-state index contributed by atoms with van der Waals surface area (Å²) in [5.41, 5.74) is 2.75. The Labute approximate surface area is 192 Å². The number of carbonyl (C=O) groups excluding carboxylic acids is 1. The second-order valence-electron chi connectivity index (χ2n) is 8.13. The molecule has 6 nitrogen and oxygen atoms in total. The highest BCUT2D eigenvalue weighted by molar-refractivity contribution is 5.94. The van der Waals surface area contributed by atoms with E-state index in [-0.39, 0.29) is 25.0 Å². The molecular formula is C26H26FN3O3. The van der Waals surface area contributed by atoms with Gasteiger partial charge in [0.2, 0.25) is 5.88 Å². The van der Waals surface area contributed by atoms with Crippen LogP contribution in [-0.4, -0.2) is 29.1 Å². The summed E-state index contributed by atoms with van der Waals surface area (Å²) in [7, 11) is 1.93. The number of benzene rings is 2. The summed E-state index contributed by atoms with van der Waals surface area (Å²) in [6.07, 6.45) is 1.57. The van der Waals surface area contributed by atoms with Gasteiger partial charge in [-0.1, -0.05) is 35.5 Å². The van der Waals surface area contributed by atoms with Gasteiger partial charge in [-0.2, -0.15) is 0 Å². The van der Waals surface area contributed by atoms with E-state index in [1.54, 1.807) is 17.2 Å². The predicted octanol–water partition coefficient (Wildman–Crippen LogP) is 5.76. The van der Waals surface area contributed by atoms with Crippen LogP contribution in [0.15, 0.2) is 81.9 Å². The van der Waals surface area contributed by atoms with E-state index >= 15 is 0 Å². The van der Waals surface area contributed by atoms with Gasteiger partial charge in [-0.15, -0.1) is 0 Å². The minimum atomic E-state index is -0.393. The summed E-state index contributed by atoms with van der Waals surface area (Å²) in [4.78, 5) is 17.1. The largest absolute Gasteiger partial charge is 0.467 e. The van der Waals surface area contributed by atoms with Gasteiger partial charge in [-0.25, -0.2) is 4.39 Å². The molecule has 0 unspecified atom stereocenters. The van der Waals surface area contributed by atoms with E-state index in [9.17, 15) is 9.18 Å². The smallest absolute Gasteiger partial charge is 0.254 e. The van der Waals surface area contributed by atoms with Crippen LogP contribution in [0.3, 0.4) is 0 Å². The van der Waals surface area contributed by atoms with Gasteiger partial charge in [0, 0.05) is 24.2 Å². The van der Waals surface area contributed by atoms with Crippen LogP contribution in [-0.2, 0) is 13.1 Å². The van der Waals surface area contributed by atoms with Crippen LogP contribution < -0.4 is 4.90 Å². The fourth-order valence-electron chi connectivity index (χ4n) is 3.53. The molecule has 170 valence electrons. The summed E-state index contributed by atoms with van der Waals surface area (Å²) in [5.74, 6) is 0.599. The number of aromatic nitrogens is 1. The molecular weight excluding hydrogens is 421 g/mol. The lowest BCUT2D eigenvalue weighted by molar-refractivity contribution is 0.0718. The Hall–Kier alpha value is -3.87. The zero-order chi connectivity index (χ0) is 23.4. The highest BCUT2D eigenvalue weighted by Gasteiger charge is 2.27. The summed E-state index contributed by atoms with van der Waals surface area (Å²) in [6.45, 7) is 4.59. The van der Waals surface area contributed by atoms with Gasteiger partial charge in [0.15, 0.2) is 0 Å². The van der Waals surface area contributed by atoms with Crippen molar-refractivity contribution in [1.82, 2.24) is 10.1 Å². The summed E-state index contributed by atoms with van der Waals surface area (Å²) in [5, 5.41) is 4.36. The third kappa shape index (κ3) is 4.98. The first-order valence-corrected chi connectivity index (χ1v) is 10.8. The Balaban J connectivity index is 1.76. The molecule has 0 aliphatic rings. The molecule has 4 aromatic rings. The van der Waals surface area contributed by atoms with E-state index in [2.05, 4.69) is 19.0 Å². The predicted molar refractivity (Wildman–Crippen MR) is 124 cm³/mol. The van der Waals surface area contributed by atoms with Gasteiger partial charge in [0.25, 0.3) is 5.91 Å². The standard InChI is InChI=1S/C26H26FN3O3/c1-18(2)29(3)26-23(24(28-33-26)19-8-5-4-6-9-19)17-30(16-22-10-7-15-32-22)25(31)20-11-13-21(27)14-12-20/h4-15,18H,16-17H2,1-3H3. The van der Waals surface area contributed by atoms with Crippen molar-refractivity contribution in [3.8, 4) is 11.3 Å². The number of hydrogen-bond acceptors (Lipinski definition) is 5. The van der Waals surface area contributed by atoms with Crippen molar-refractivity contribution in [2.75, 3.05) is 11.9 Å². The second-order valence-corrected chi connectivity index (χ2v) is 8.13. The van der Waals surface area contributed by atoms with Crippen molar-refractivity contribution in [2.45, 2.75) is 33.0 Å². The maximum atomic E-state index is 13.5. The minimum Gasteiger partial charge on any atom is -0.467 e. The van der Waals surface area contributed by atoms with Gasteiger partial charge in [0.1, 0.15) is 17.3 Å². The number of carbonyl (C=O) groups is 1. The number of nitrogens with zero attached hydrogens (tertiary/aromatic N) is 3. The van der Waals surface area contributed by atoms with Gasteiger partial charge in [-0.3, -0.25) is 4.79 Å². The van der Waals surface area contributed by atoms with E-state index in [0.717, 1.165) is 11.1 Å². The molecule has 7 heteroatoms. The minimum absolute atomic E-state index is 0.159. The molecule has 2 aromatic heterocycles. The number of anilines is 1. The van der Waals surface area contributed by atoms with Gasteiger partial charge in [-0.05, 0) is 50.2 Å². The quantitative estimate of drug-likeness (QED) is 0.344. The lowest BCUT2D eigenvalue weighted by Gasteiger charge is -2.25. The first kappa shape index (κ1) is 22.3. The average molecular weight is 448 g/mol. The van der Waals surface area contributed by atoms with Crippen LogP contribution in [0.25, 0.3) is 11.3 Å². The Morgan fingerprint density at radius 3 is 2.36 bits per heavy atom. The van der Waals surface area contributed by atoms with E-state index in [1.807, 2.05) is 48.3 Å². The van der Waals surface area contributed by atoms with Gasteiger partial charge < -0.3 is 18.7 Å². The van der Waals surface area contributed by atoms with Crippen LogP contribution in [0.4, 0.5) is 10.3 Å². The van der Waals surface area contributed by atoms with Crippen molar-refractivity contribution < 1.29 is 18.1 Å². The number of rotatable bonds is 8. The second kappa shape index (κ2) is 9.73. The summed E-state index contributed by atoms with van der Waals surface area (Å²) in [6, 6.07) is 19.0. The fraction of sp³-hybridized carbons (Fsp3) is 0.231. The topological polar surface area (TPSA) is 62.7 Å². The molecule has 4 rings (SSSR count). The molecule has 0 saturated carbocycles. The molecule has 0 spiro atoms. The summed E-state index contributed by atoms with van der Waals surface area (Å²) < 4.78 is 24.7. The van der Waals surface area contributed by atoms with E-state index in [4.69, 9.17) is 8.94 Å². The number of furan rings is 1. The molecule has 2 aromatic carbocycles. The van der Waals surface area contributed by atoms with Crippen LogP contribution in [0.2, 0.25) is 0 Å². The Bertz CT molecular complexity index is 1190. The van der Waals surface area contributed by atoms with Crippen molar-refractivity contribution in [2.24, 2.45) is 0 Å². The highest BCUT2D eigenvalue weighted by Crippen LogP contribution is 2.33. The molecule has 0 atom stereocenters. The zero-order valence-electron chi connectivity index (χ0n) is 18.9. The maximum absolute atomic E-state index is 13.5. The third-order valence-corrected chi connectivity index (χ3v) is 5.56. The molecule has 0 radical (unpaired) electrons. The van der Waals surface area contributed by atoms with Gasteiger partial charge >= 0.3 is 0 Å². The molecule has 33 heavy (non-hydrogen) atoms. The van der Waals surface area contributed by atoms with Crippen LogP contribution in [0, 0.1) is 5.82 Å². The molecule has 0 N–H and O–H groups in total. The molecule has 1 amide bonds. The number of hydrogen-bond donors (Lipinski definition) is 0.